The number of nitrogens with one attached hydrogen (secondary N) is 1. The van der Waals surface area contributed by atoms with Gasteiger partial charge in [-0.1, -0.05) is 0 Å². The largest absolute Gasteiger partial charge is 0.494 e. The van der Waals surface area contributed by atoms with E-state index in [2.05, 4.69) is 14.4 Å². The quantitative estimate of drug-likeness (QED) is 0.812. The van der Waals surface area contributed by atoms with Crippen LogP contribution in [-0.2, 0) is 14.8 Å². The number of anilines is 1. The summed E-state index contributed by atoms with van der Waals surface area (Å²) in [5.74, 6) is 0.150. The molecule has 1 N–H and O–H groups in total. The highest BCUT2D eigenvalue weighted by Crippen LogP contribution is 2.18. The molecule has 0 radical (unpaired) electrons. The van der Waals surface area contributed by atoms with Crippen molar-refractivity contribution in [1.29, 1.82) is 0 Å². The van der Waals surface area contributed by atoms with Gasteiger partial charge in [-0.05, 0) is 43.3 Å². The number of carbonyl (C=O) groups excluding carboxylic acids is 1. The molecule has 0 unspecified atom stereocenters. The van der Waals surface area contributed by atoms with E-state index in [0.29, 0.717) is 12.4 Å². The average molecular weight is 336 g/mol. The van der Waals surface area contributed by atoms with Crippen molar-refractivity contribution in [3.8, 4) is 5.75 Å². The average Bonchev–Trinajstić information content (AvgIpc) is 2.55. The minimum absolute atomic E-state index is 0.0831. The summed E-state index contributed by atoms with van der Waals surface area (Å²) in [4.78, 5) is 15.3. The van der Waals surface area contributed by atoms with E-state index in [1.54, 1.807) is 12.1 Å². The fourth-order valence-corrected chi connectivity index (χ4v) is 2.78. The smallest absolute Gasteiger partial charge is 0.339 e. The van der Waals surface area contributed by atoms with Crippen LogP contribution in [0.25, 0.3) is 0 Å². The van der Waals surface area contributed by atoms with Crippen LogP contribution in [0.2, 0.25) is 0 Å². The predicted octanol–water partition coefficient (Wildman–Crippen LogP) is 2.07. The number of ether oxygens (including phenoxy) is 2. The van der Waals surface area contributed by atoms with Crippen LogP contribution >= 0.6 is 0 Å². The third-order valence-corrected chi connectivity index (χ3v) is 4.24. The summed E-state index contributed by atoms with van der Waals surface area (Å²) in [5.41, 5.74) is 0.233. The predicted molar refractivity (Wildman–Crippen MR) is 84.0 cm³/mol. The molecule has 122 valence electrons. The number of nitrogens with zero attached hydrogens (tertiary/aromatic N) is 1. The van der Waals surface area contributed by atoms with Crippen molar-refractivity contribution in [3.05, 3.63) is 48.2 Å². The zero-order chi connectivity index (χ0) is 16.9. The highest BCUT2D eigenvalue weighted by atomic mass is 32.2. The Kier molecular flexibility index (Phi) is 5.17. The lowest BCUT2D eigenvalue weighted by molar-refractivity contribution is 0.0600. The van der Waals surface area contributed by atoms with Gasteiger partial charge < -0.3 is 9.47 Å². The molecule has 1 aromatic carbocycles. The molecule has 0 aliphatic rings. The molecule has 0 fully saturated rings. The lowest BCUT2D eigenvalue weighted by Crippen LogP contribution is -2.14. The van der Waals surface area contributed by atoms with Gasteiger partial charge in [-0.2, -0.15) is 0 Å². The maximum absolute atomic E-state index is 12.3. The van der Waals surface area contributed by atoms with Gasteiger partial charge in [0, 0.05) is 6.20 Å². The highest BCUT2D eigenvalue weighted by molar-refractivity contribution is 7.92. The number of sulfonamides is 1. The van der Waals surface area contributed by atoms with Crippen LogP contribution in [0.15, 0.2) is 47.5 Å². The third-order valence-electron chi connectivity index (χ3n) is 2.87. The van der Waals surface area contributed by atoms with Crippen molar-refractivity contribution in [2.75, 3.05) is 18.4 Å². The van der Waals surface area contributed by atoms with E-state index in [4.69, 9.17) is 4.74 Å². The number of aromatic nitrogens is 1. The first-order valence-corrected chi connectivity index (χ1v) is 8.24. The van der Waals surface area contributed by atoms with Crippen LogP contribution in [0, 0.1) is 0 Å². The number of pyridine rings is 1. The second-order valence-electron chi connectivity index (χ2n) is 4.43. The first-order chi connectivity index (χ1) is 11.0. The van der Waals surface area contributed by atoms with Crippen molar-refractivity contribution in [3.63, 3.8) is 0 Å². The molecule has 1 heterocycles. The van der Waals surface area contributed by atoms with Crippen LogP contribution < -0.4 is 9.46 Å². The first kappa shape index (κ1) is 16.8. The van der Waals surface area contributed by atoms with Gasteiger partial charge in [0.1, 0.15) is 11.6 Å². The Morgan fingerprint density at radius 1 is 1.17 bits per heavy atom. The summed E-state index contributed by atoms with van der Waals surface area (Å²) in [6, 6.07) is 8.84. The second-order valence-corrected chi connectivity index (χ2v) is 6.12. The molecule has 0 saturated heterocycles. The van der Waals surface area contributed by atoms with E-state index in [1.807, 2.05) is 6.92 Å². The molecule has 1 aromatic heterocycles. The molecule has 0 saturated carbocycles. The van der Waals surface area contributed by atoms with E-state index in [-0.39, 0.29) is 16.3 Å². The van der Waals surface area contributed by atoms with Gasteiger partial charge in [-0.3, -0.25) is 4.72 Å². The normalized spacial score (nSPS) is 10.9. The Morgan fingerprint density at radius 2 is 1.87 bits per heavy atom. The monoisotopic (exact) mass is 336 g/mol. The lowest BCUT2D eigenvalue weighted by atomic mass is 10.3. The summed E-state index contributed by atoms with van der Waals surface area (Å²) >= 11 is 0. The SMILES string of the molecule is CCOc1ccc(S(=O)(=O)Nc2ccc(C(=O)OC)cn2)cc1. The van der Waals surface area contributed by atoms with E-state index >= 15 is 0 Å². The van der Waals surface area contributed by atoms with E-state index in [1.165, 1.54) is 37.6 Å². The van der Waals surface area contributed by atoms with Gasteiger partial charge >= 0.3 is 5.97 Å². The molecule has 0 amide bonds. The minimum atomic E-state index is -3.77. The zero-order valence-electron chi connectivity index (χ0n) is 12.6. The Balaban J connectivity index is 2.15. The van der Waals surface area contributed by atoms with Gasteiger partial charge in [0.2, 0.25) is 0 Å². The maximum Gasteiger partial charge on any atom is 0.339 e. The number of hydrogen-bond acceptors (Lipinski definition) is 6. The summed E-state index contributed by atoms with van der Waals surface area (Å²) < 4.78 is 36.7. The summed E-state index contributed by atoms with van der Waals surface area (Å²) in [5, 5.41) is 0. The van der Waals surface area contributed by atoms with Crippen LogP contribution in [0.4, 0.5) is 5.82 Å². The van der Waals surface area contributed by atoms with Crippen LogP contribution in [-0.4, -0.2) is 33.1 Å². The molecular weight excluding hydrogens is 320 g/mol. The summed E-state index contributed by atoms with van der Waals surface area (Å²) in [6.07, 6.45) is 1.24. The van der Waals surface area contributed by atoms with Gasteiger partial charge in [0.05, 0.1) is 24.2 Å². The van der Waals surface area contributed by atoms with Gasteiger partial charge in [-0.15, -0.1) is 0 Å². The van der Waals surface area contributed by atoms with Gasteiger partial charge in [0.15, 0.2) is 0 Å². The molecule has 8 heteroatoms. The fourth-order valence-electron chi connectivity index (χ4n) is 1.77. The summed E-state index contributed by atoms with van der Waals surface area (Å²) in [7, 11) is -2.51. The Hall–Kier alpha value is -2.61. The lowest BCUT2D eigenvalue weighted by Gasteiger charge is -2.09. The number of carbonyl (C=O) groups is 1. The molecule has 0 aliphatic carbocycles. The van der Waals surface area contributed by atoms with Gasteiger partial charge in [-0.25, -0.2) is 18.2 Å². The molecule has 2 rings (SSSR count). The first-order valence-electron chi connectivity index (χ1n) is 6.76. The van der Waals surface area contributed by atoms with E-state index in [0.717, 1.165) is 0 Å². The second kappa shape index (κ2) is 7.10. The van der Waals surface area contributed by atoms with Crippen molar-refractivity contribution in [2.24, 2.45) is 0 Å². The van der Waals surface area contributed by atoms with Crippen molar-refractivity contribution >= 4 is 21.8 Å². The number of rotatable bonds is 6. The van der Waals surface area contributed by atoms with Gasteiger partial charge in [0.25, 0.3) is 10.0 Å². The van der Waals surface area contributed by atoms with Crippen LogP contribution in [0.1, 0.15) is 17.3 Å². The van der Waals surface area contributed by atoms with Crippen LogP contribution in [0.5, 0.6) is 5.75 Å². The van der Waals surface area contributed by atoms with Crippen LogP contribution in [0.3, 0.4) is 0 Å². The van der Waals surface area contributed by atoms with E-state index in [9.17, 15) is 13.2 Å². The molecule has 0 atom stereocenters. The standard InChI is InChI=1S/C15H16N2O5S/c1-3-22-12-5-7-13(8-6-12)23(19,20)17-14-9-4-11(10-16-14)15(18)21-2/h4-10H,3H2,1-2H3,(H,16,17). The fraction of sp³-hybridized carbons (Fsp3) is 0.200. The summed E-state index contributed by atoms with van der Waals surface area (Å²) in [6.45, 7) is 2.34. The number of hydrogen-bond donors (Lipinski definition) is 1. The molecule has 23 heavy (non-hydrogen) atoms. The topological polar surface area (TPSA) is 94.6 Å². The number of methoxy groups -OCH3 is 1. The zero-order valence-corrected chi connectivity index (χ0v) is 13.5. The molecule has 2 aromatic rings. The molecular formula is C15H16N2O5S. The number of esters is 1. The van der Waals surface area contributed by atoms with Crippen molar-refractivity contribution < 1.29 is 22.7 Å². The van der Waals surface area contributed by atoms with Crippen molar-refractivity contribution in [2.45, 2.75) is 11.8 Å². The molecule has 0 aliphatic heterocycles. The van der Waals surface area contributed by atoms with Crippen molar-refractivity contribution in [1.82, 2.24) is 4.98 Å². The molecule has 0 spiro atoms. The van der Waals surface area contributed by atoms with E-state index < -0.39 is 16.0 Å². The Labute approximate surface area is 134 Å². The molecule has 7 nitrogen and oxygen atoms in total. The minimum Gasteiger partial charge on any atom is -0.494 e. The highest BCUT2D eigenvalue weighted by Gasteiger charge is 2.15. The molecule has 0 bridgehead atoms. The number of benzene rings is 1. The third kappa shape index (κ3) is 4.19. The Bertz CT molecular complexity index is 771. The Morgan fingerprint density at radius 3 is 2.39 bits per heavy atom. The maximum atomic E-state index is 12.3.